The van der Waals surface area contributed by atoms with Gasteiger partial charge in [0.25, 0.3) is 0 Å². The van der Waals surface area contributed by atoms with Crippen molar-refractivity contribution in [1.29, 1.82) is 0 Å². The molecular formula is C22H24N2O. The molecule has 0 spiro atoms. The zero-order valence-corrected chi connectivity index (χ0v) is 15.0. The van der Waals surface area contributed by atoms with Crippen molar-refractivity contribution >= 4 is 16.6 Å². The highest BCUT2D eigenvalue weighted by Gasteiger charge is 2.21. The maximum Gasteiger partial charge on any atom is 0.178 e. The van der Waals surface area contributed by atoms with Gasteiger partial charge in [-0.3, -0.25) is 9.69 Å². The van der Waals surface area contributed by atoms with Crippen LogP contribution in [0.25, 0.3) is 16.5 Å². The van der Waals surface area contributed by atoms with Crippen molar-refractivity contribution in [3.63, 3.8) is 0 Å². The number of aryl methyl sites for hydroxylation is 1. The van der Waals surface area contributed by atoms with Crippen LogP contribution in [0.4, 0.5) is 0 Å². The number of nitrogens with zero attached hydrogens (tertiary/aromatic N) is 2. The highest BCUT2D eigenvalue weighted by Crippen LogP contribution is 2.27. The van der Waals surface area contributed by atoms with E-state index >= 15 is 0 Å². The number of ketones is 1. The average molecular weight is 332 g/mol. The molecule has 0 unspecified atom stereocenters. The Balaban J connectivity index is 1.76. The van der Waals surface area contributed by atoms with Crippen LogP contribution < -0.4 is 0 Å². The summed E-state index contributed by atoms with van der Waals surface area (Å²) in [5.41, 5.74) is 4.15. The summed E-state index contributed by atoms with van der Waals surface area (Å²) in [7, 11) is 0. The molecule has 2 heterocycles. The van der Waals surface area contributed by atoms with Crippen molar-refractivity contribution in [2.24, 2.45) is 0 Å². The second-order valence-corrected chi connectivity index (χ2v) is 7.02. The van der Waals surface area contributed by atoms with Crippen LogP contribution in [0.1, 0.15) is 34.6 Å². The SMILES string of the molecule is Cc1cc(C(=O)CN2CCCC2)c(C)n1-c1cccc2ccccc12. The van der Waals surface area contributed by atoms with Gasteiger partial charge in [-0.15, -0.1) is 0 Å². The van der Waals surface area contributed by atoms with Gasteiger partial charge < -0.3 is 4.57 Å². The van der Waals surface area contributed by atoms with E-state index in [1.54, 1.807) is 0 Å². The molecule has 0 radical (unpaired) electrons. The fourth-order valence-corrected chi connectivity index (χ4v) is 4.05. The lowest BCUT2D eigenvalue weighted by atomic mass is 10.1. The Labute approximate surface area is 148 Å². The lowest BCUT2D eigenvalue weighted by molar-refractivity contribution is 0.0944. The Kier molecular flexibility index (Phi) is 4.18. The predicted molar refractivity (Wildman–Crippen MR) is 103 cm³/mol. The lowest BCUT2D eigenvalue weighted by Gasteiger charge is -2.15. The summed E-state index contributed by atoms with van der Waals surface area (Å²) < 4.78 is 2.22. The van der Waals surface area contributed by atoms with Gasteiger partial charge in [0.1, 0.15) is 0 Å². The van der Waals surface area contributed by atoms with Crippen LogP contribution in [0.15, 0.2) is 48.5 Å². The number of hydrogen-bond donors (Lipinski definition) is 0. The monoisotopic (exact) mass is 332 g/mol. The zero-order chi connectivity index (χ0) is 17.4. The van der Waals surface area contributed by atoms with Gasteiger partial charge in [0.2, 0.25) is 0 Å². The van der Waals surface area contributed by atoms with Crippen LogP contribution in [0.5, 0.6) is 0 Å². The van der Waals surface area contributed by atoms with Gasteiger partial charge >= 0.3 is 0 Å². The molecule has 1 aromatic heterocycles. The van der Waals surface area contributed by atoms with Crippen molar-refractivity contribution in [2.75, 3.05) is 19.6 Å². The molecule has 1 fully saturated rings. The van der Waals surface area contributed by atoms with Crippen molar-refractivity contribution in [1.82, 2.24) is 9.47 Å². The highest BCUT2D eigenvalue weighted by atomic mass is 16.1. The molecule has 0 aliphatic carbocycles. The fraction of sp³-hybridized carbons (Fsp3) is 0.318. The smallest absolute Gasteiger partial charge is 0.178 e. The number of aromatic nitrogens is 1. The van der Waals surface area contributed by atoms with E-state index in [1.165, 1.54) is 23.6 Å². The van der Waals surface area contributed by atoms with Gasteiger partial charge in [-0.25, -0.2) is 0 Å². The minimum absolute atomic E-state index is 0.237. The molecular weight excluding hydrogens is 308 g/mol. The Hall–Kier alpha value is -2.39. The Morgan fingerprint density at radius 2 is 1.72 bits per heavy atom. The number of hydrogen-bond acceptors (Lipinski definition) is 2. The average Bonchev–Trinajstić information content (AvgIpc) is 3.22. The van der Waals surface area contributed by atoms with Gasteiger partial charge in [0.05, 0.1) is 12.2 Å². The second kappa shape index (κ2) is 6.49. The van der Waals surface area contributed by atoms with Crippen molar-refractivity contribution < 1.29 is 4.79 Å². The first kappa shape index (κ1) is 16.1. The first-order valence-electron chi connectivity index (χ1n) is 9.08. The minimum Gasteiger partial charge on any atom is -0.317 e. The van der Waals surface area contributed by atoms with E-state index in [9.17, 15) is 4.79 Å². The van der Waals surface area contributed by atoms with E-state index in [1.807, 2.05) is 0 Å². The van der Waals surface area contributed by atoms with Crippen molar-refractivity contribution in [2.45, 2.75) is 26.7 Å². The summed E-state index contributed by atoms with van der Waals surface area (Å²) >= 11 is 0. The van der Waals surface area contributed by atoms with Gasteiger partial charge in [-0.2, -0.15) is 0 Å². The molecule has 3 aromatic rings. The quantitative estimate of drug-likeness (QED) is 0.656. The number of rotatable bonds is 4. The normalized spacial score (nSPS) is 15.1. The van der Waals surface area contributed by atoms with Crippen LogP contribution in [-0.2, 0) is 0 Å². The number of carbonyl (C=O) groups excluding carboxylic acids is 1. The second-order valence-electron chi connectivity index (χ2n) is 7.02. The van der Waals surface area contributed by atoms with Gasteiger partial charge in [0.15, 0.2) is 5.78 Å². The number of carbonyl (C=O) groups is 1. The third-order valence-corrected chi connectivity index (χ3v) is 5.30. The number of Topliss-reactive ketones (excluding diaryl/α,β-unsaturated/α-hetero) is 1. The maximum absolute atomic E-state index is 12.8. The zero-order valence-electron chi connectivity index (χ0n) is 15.0. The van der Waals surface area contributed by atoms with E-state index in [0.29, 0.717) is 6.54 Å². The number of benzene rings is 2. The summed E-state index contributed by atoms with van der Waals surface area (Å²) in [6.07, 6.45) is 2.42. The van der Waals surface area contributed by atoms with Crippen LogP contribution in [0.2, 0.25) is 0 Å². The molecule has 2 aromatic carbocycles. The number of likely N-dealkylation sites (tertiary alicyclic amines) is 1. The highest BCUT2D eigenvalue weighted by molar-refractivity contribution is 5.99. The molecule has 3 heteroatoms. The molecule has 0 N–H and O–H groups in total. The third-order valence-electron chi connectivity index (χ3n) is 5.30. The molecule has 4 rings (SSSR count). The predicted octanol–water partition coefficient (Wildman–Crippen LogP) is 4.53. The van der Waals surface area contributed by atoms with Gasteiger partial charge in [-0.05, 0) is 57.3 Å². The first-order valence-corrected chi connectivity index (χ1v) is 9.08. The summed E-state index contributed by atoms with van der Waals surface area (Å²) in [6.45, 7) is 6.79. The summed E-state index contributed by atoms with van der Waals surface area (Å²) in [4.78, 5) is 15.1. The van der Waals surface area contributed by atoms with Gasteiger partial charge in [0, 0.05) is 22.3 Å². The third kappa shape index (κ3) is 2.89. The molecule has 1 aliphatic rings. The number of fused-ring (bicyclic) bond motifs is 1. The van der Waals surface area contributed by atoms with E-state index in [-0.39, 0.29) is 5.78 Å². The maximum atomic E-state index is 12.8. The Morgan fingerprint density at radius 1 is 1.00 bits per heavy atom. The molecule has 0 saturated carbocycles. The molecule has 1 saturated heterocycles. The van der Waals surface area contributed by atoms with E-state index in [2.05, 4.69) is 71.8 Å². The summed E-state index contributed by atoms with van der Waals surface area (Å²) in [5, 5.41) is 2.43. The molecule has 3 nitrogen and oxygen atoms in total. The Bertz CT molecular complexity index is 927. The molecule has 128 valence electrons. The summed E-state index contributed by atoms with van der Waals surface area (Å²) in [6, 6.07) is 16.8. The van der Waals surface area contributed by atoms with E-state index < -0.39 is 0 Å². The molecule has 25 heavy (non-hydrogen) atoms. The Morgan fingerprint density at radius 3 is 2.52 bits per heavy atom. The molecule has 0 bridgehead atoms. The standard InChI is InChI=1S/C22H24N2O/c1-16-14-20(22(25)15-23-12-5-6-13-23)17(2)24(16)21-11-7-9-18-8-3-4-10-19(18)21/h3-4,7-11,14H,5-6,12-13,15H2,1-2H3. The summed E-state index contributed by atoms with van der Waals surface area (Å²) in [5.74, 6) is 0.237. The van der Waals surface area contributed by atoms with Gasteiger partial charge in [-0.1, -0.05) is 36.4 Å². The van der Waals surface area contributed by atoms with E-state index in [0.717, 1.165) is 35.7 Å². The van der Waals surface area contributed by atoms with Crippen LogP contribution in [0, 0.1) is 13.8 Å². The lowest BCUT2D eigenvalue weighted by Crippen LogP contribution is -2.27. The van der Waals surface area contributed by atoms with E-state index in [4.69, 9.17) is 0 Å². The topological polar surface area (TPSA) is 25.2 Å². The van der Waals surface area contributed by atoms with Crippen LogP contribution >= 0.6 is 0 Å². The molecule has 0 atom stereocenters. The largest absolute Gasteiger partial charge is 0.317 e. The van der Waals surface area contributed by atoms with Crippen LogP contribution in [0.3, 0.4) is 0 Å². The van der Waals surface area contributed by atoms with Crippen molar-refractivity contribution in [3.05, 3.63) is 65.5 Å². The molecule has 1 aliphatic heterocycles. The molecule has 0 amide bonds. The fourth-order valence-electron chi connectivity index (χ4n) is 4.05. The minimum atomic E-state index is 0.237. The first-order chi connectivity index (χ1) is 12.1. The van der Waals surface area contributed by atoms with Crippen LogP contribution in [-0.4, -0.2) is 34.9 Å². The van der Waals surface area contributed by atoms with Crippen molar-refractivity contribution in [3.8, 4) is 5.69 Å².